The molecule has 2 aliphatic heterocycles. The van der Waals surface area contributed by atoms with Crippen molar-refractivity contribution in [3.8, 4) is 0 Å². The smallest absolute Gasteiger partial charge is 0.242 e. The van der Waals surface area contributed by atoms with E-state index in [1.807, 2.05) is 17.9 Å². The van der Waals surface area contributed by atoms with Crippen LogP contribution in [-0.4, -0.2) is 67.6 Å². The molecular weight excluding hydrogens is 455 g/mol. The summed E-state index contributed by atoms with van der Waals surface area (Å²) in [5.74, 6) is 0.940. The van der Waals surface area contributed by atoms with Crippen LogP contribution in [0.25, 0.3) is 0 Å². The zero-order chi connectivity index (χ0) is 18.4. The molecule has 6 nitrogen and oxygen atoms in total. The lowest BCUT2D eigenvalue weighted by Crippen LogP contribution is -2.50. The molecule has 0 atom stereocenters. The lowest BCUT2D eigenvalue weighted by Gasteiger charge is -2.34. The summed E-state index contributed by atoms with van der Waals surface area (Å²) in [4.78, 5) is 21.1. The number of halogens is 1. The van der Waals surface area contributed by atoms with Crippen molar-refractivity contribution in [3.63, 3.8) is 0 Å². The highest BCUT2D eigenvalue weighted by atomic mass is 127. The van der Waals surface area contributed by atoms with Crippen molar-refractivity contribution >= 4 is 35.8 Å². The largest absolute Gasteiger partial charge is 0.378 e. The number of nitrogens with zero attached hydrogens (tertiary/aromatic N) is 3. The number of carbonyl (C=O) groups excluding carboxylic acids is 1. The van der Waals surface area contributed by atoms with Gasteiger partial charge in [-0.2, -0.15) is 0 Å². The zero-order valence-corrected chi connectivity index (χ0v) is 18.6. The molecule has 1 amide bonds. The van der Waals surface area contributed by atoms with Crippen LogP contribution in [0, 0.1) is 0 Å². The number of nitrogens with one attached hydrogen (secondary N) is 1. The highest BCUT2D eigenvalue weighted by molar-refractivity contribution is 14.0. The number of ether oxygens (including phenoxy) is 1. The van der Waals surface area contributed by atoms with Gasteiger partial charge in [0, 0.05) is 39.8 Å². The van der Waals surface area contributed by atoms with Crippen molar-refractivity contribution in [2.75, 3.05) is 39.8 Å². The van der Waals surface area contributed by atoms with Gasteiger partial charge in [0.15, 0.2) is 5.96 Å². The van der Waals surface area contributed by atoms with Crippen molar-refractivity contribution in [2.45, 2.75) is 38.8 Å². The van der Waals surface area contributed by atoms with E-state index in [0.717, 1.165) is 51.5 Å². The number of guanidine groups is 1. The Labute approximate surface area is 179 Å². The molecule has 0 radical (unpaired) electrons. The number of likely N-dealkylation sites (tertiary alicyclic amines) is 1. The van der Waals surface area contributed by atoms with Gasteiger partial charge in [-0.1, -0.05) is 24.3 Å². The van der Waals surface area contributed by atoms with Gasteiger partial charge in [0.25, 0.3) is 0 Å². The van der Waals surface area contributed by atoms with Gasteiger partial charge in [0.05, 0.1) is 12.6 Å². The summed E-state index contributed by atoms with van der Waals surface area (Å²) in [7, 11) is 1.78. The van der Waals surface area contributed by atoms with E-state index in [2.05, 4.69) is 33.4 Å². The van der Waals surface area contributed by atoms with Crippen molar-refractivity contribution in [3.05, 3.63) is 35.4 Å². The van der Waals surface area contributed by atoms with E-state index in [1.165, 1.54) is 11.1 Å². The van der Waals surface area contributed by atoms with Crippen LogP contribution in [0.5, 0.6) is 0 Å². The molecule has 27 heavy (non-hydrogen) atoms. The summed E-state index contributed by atoms with van der Waals surface area (Å²) in [5.41, 5.74) is 2.62. The van der Waals surface area contributed by atoms with E-state index in [9.17, 15) is 4.79 Å². The molecule has 1 aromatic rings. The molecule has 3 rings (SSSR count). The minimum atomic E-state index is 0. The second-order valence-electron chi connectivity index (χ2n) is 6.88. The molecule has 1 saturated heterocycles. The molecule has 2 heterocycles. The molecule has 7 heteroatoms. The molecule has 150 valence electrons. The quantitative estimate of drug-likeness (QED) is 0.403. The summed E-state index contributed by atoms with van der Waals surface area (Å²) in [5, 5.41) is 3.25. The second-order valence-corrected chi connectivity index (χ2v) is 6.88. The minimum absolute atomic E-state index is 0. The van der Waals surface area contributed by atoms with Gasteiger partial charge in [-0.15, -0.1) is 24.0 Å². The van der Waals surface area contributed by atoms with Crippen LogP contribution < -0.4 is 5.32 Å². The van der Waals surface area contributed by atoms with E-state index in [-0.39, 0.29) is 29.9 Å². The SMILES string of the molecule is CCOC1CCN(C(=NC)NCC(=O)N2CCc3ccccc3C2)CC1.I. The summed E-state index contributed by atoms with van der Waals surface area (Å²) in [6.07, 6.45) is 3.29. The molecular formula is C20H31IN4O2. The zero-order valence-electron chi connectivity index (χ0n) is 16.3. The number of piperidine rings is 1. The van der Waals surface area contributed by atoms with Crippen LogP contribution in [0.15, 0.2) is 29.3 Å². The van der Waals surface area contributed by atoms with Gasteiger partial charge in [-0.25, -0.2) is 0 Å². The third-order valence-electron chi connectivity index (χ3n) is 5.24. The van der Waals surface area contributed by atoms with E-state index in [4.69, 9.17) is 4.74 Å². The molecule has 1 aromatic carbocycles. The maximum atomic E-state index is 12.6. The van der Waals surface area contributed by atoms with Crippen molar-refractivity contribution in [1.29, 1.82) is 0 Å². The summed E-state index contributed by atoms with van der Waals surface area (Å²) < 4.78 is 5.70. The van der Waals surface area contributed by atoms with E-state index < -0.39 is 0 Å². The number of benzene rings is 1. The fourth-order valence-electron chi connectivity index (χ4n) is 3.78. The van der Waals surface area contributed by atoms with Gasteiger partial charge in [0.2, 0.25) is 5.91 Å². The standard InChI is InChI=1S/C20H30N4O2.HI/c1-3-26-18-9-12-23(13-10-18)20(21-2)22-14-19(25)24-11-8-16-6-4-5-7-17(16)15-24;/h4-7,18H,3,8-15H2,1-2H3,(H,21,22);1H. The lowest BCUT2D eigenvalue weighted by atomic mass is 10.00. The molecule has 0 bridgehead atoms. The van der Waals surface area contributed by atoms with Gasteiger partial charge in [0.1, 0.15) is 0 Å². The third kappa shape index (κ3) is 5.81. The number of hydrogen-bond acceptors (Lipinski definition) is 3. The normalized spacial score (nSPS) is 17.9. The van der Waals surface area contributed by atoms with Crippen LogP contribution in [0.3, 0.4) is 0 Å². The molecule has 0 unspecified atom stereocenters. The summed E-state index contributed by atoms with van der Waals surface area (Å²) in [6, 6.07) is 8.38. The Bertz CT molecular complexity index is 645. The fourth-order valence-corrected chi connectivity index (χ4v) is 3.78. The Balaban J connectivity index is 0.00000261. The van der Waals surface area contributed by atoms with Crippen LogP contribution in [-0.2, 0) is 22.5 Å². The average Bonchev–Trinajstić information content (AvgIpc) is 2.69. The summed E-state index contributed by atoms with van der Waals surface area (Å²) >= 11 is 0. The highest BCUT2D eigenvalue weighted by Gasteiger charge is 2.23. The molecule has 2 aliphatic rings. The topological polar surface area (TPSA) is 57.2 Å². The molecule has 0 aromatic heterocycles. The Kier molecular flexibility index (Phi) is 8.82. The van der Waals surface area contributed by atoms with Gasteiger partial charge >= 0.3 is 0 Å². The first-order valence-corrected chi connectivity index (χ1v) is 9.63. The first-order valence-electron chi connectivity index (χ1n) is 9.63. The monoisotopic (exact) mass is 486 g/mol. The predicted octanol–water partition coefficient (Wildman–Crippen LogP) is 2.27. The number of fused-ring (bicyclic) bond motifs is 1. The first kappa shape index (κ1) is 21.9. The van der Waals surface area contributed by atoms with Crippen molar-refractivity contribution < 1.29 is 9.53 Å². The maximum Gasteiger partial charge on any atom is 0.242 e. The average molecular weight is 486 g/mol. The number of rotatable bonds is 4. The van der Waals surface area contributed by atoms with Crippen molar-refractivity contribution in [2.24, 2.45) is 4.99 Å². The third-order valence-corrected chi connectivity index (χ3v) is 5.24. The van der Waals surface area contributed by atoms with Gasteiger partial charge in [-0.3, -0.25) is 9.79 Å². The highest BCUT2D eigenvalue weighted by Crippen LogP contribution is 2.18. The van der Waals surface area contributed by atoms with Crippen LogP contribution in [0.2, 0.25) is 0 Å². The molecule has 1 N–H and O–H groups in total. The van der Waals surface area contributed by atoms with E-state index in [1.54, 1.807) is 7.05 Å². The molecule has 0 saturated carbocycles. The number of amides is 1. The Morgan fingerprint density at radius 3 is 2.56 bits per heavy atom. The Morgan fingerprint density at radius 1 is 1.19 bits per heavy atom. The van der Waals surface area contributed by atoms with E-state index in [0.29, 0.717) is 19.2 Å². The van der Waals surface area contributed by atoms with Crippen molar-refractivity contribution in [1.82, 2.24) is 15.1 Å². The van der Waals surface area contributed by atoms with Crippen LogP contribution >= 0.6 is 24.0 Å². The number of hydrogen-bond donors (Lipinski definition) is 1. The van der Waals surface area contributed by atoms with Crippen LogP contribution in [0.4, 0.5) is 0 Å². The van der Waals surface area contributed by atoms with E-state index >= 15 is 0 Å². The minimum Gasteiger partial charge on any atom is -0.378 e. The second kappa shape index (κ2) is 10.8. The van der Waals surface area contributed by atoms with Gasteiger partial charge in [-0.05, 0) is 37.3 Å². The molecule has 0 aliphatic carbocycles. The lowest BCUT2D eigenvalue weighted by molar-refractivity contribution is -0.130. The first-order chi connectivity index (χ1) is 12.7. The number of carbonyl (C=O) groups is 1. The maximum absolute atomic E-state index is 12.6. The molecule has 0 spiro atoms. The Morgan fingerprint density at radius 2 is 1.89 bits per heavy atom. The van der Waals surface area contributed by atoms with Crippen LogP contribution in [0.1, 0.15) is 30.9 Å². The molecule has 1 fully saturated rings. The summed E-state index contributed by atoms with van der Waals surface area (Å²) in [6.45, 7) is 6.42. The van der Waals surface area contributed by atoms with Gasteiger partial charge < -0.3 is 19.9 Å². The number of aliphatic imine (C=N–C) groups is 1. The Hall–Kier alpha value is -1.35. The fraction of sp³-hybridized carbons (Fsp3) is 0.600. The predicted molar refractivity (Wildman–Crippen MR) is 119 cm³/mol.